The van der Waals surface area contributed by atoms with E-state index in [9.17, 15) is 29.7 Å². The number of aliphatic hydroxyl groups is 3. The molecule has 1 aromatic heterocycles. The number of nitrogens with two attached hydrogens (primary N) is 2. The maximum atomic E-state index is 14.2. The zero-order valence-corrected chi connectivity index (χ0v) is 23.6. The number of rotatable bonds is 4. The lowest BCUT2D eigenvalue weighted by atomic mass is 9.57. The summed E-state index contributed by atoms with van der Waals surface area (Å²) < 4.78 is 6.28. The summed E-state index contributed by atoms with van der Waals surface area (Å²) in [6.07, 6.45) is 0.376. The van der Waals surface area contributed by atoms with Crippen molar-refractivity contribution in [1.82, 2.24) is 4.90 Å². The van der Waals surface area contributed by atoms with E-state index in [1.54, 1.807) is 26.2 Å². The Morgan fingerprint density at radius 1 is 1.07 bits per heavy atom. The Bertz CT molecular complexity index is 1770. The molecule has 1 fully saturated rings. The van der Waals surface area contributed by atoms with Crippen molar-refractivity contribution >= 4 is 45.6 Å². The van der Waals surface area contributed by atoms with Gasteiger partial charge in [0.05, 0.1) is 11.6 Å². The number of nitrogen functional groups attached to an aromatic ring is 1. The van der Waals surface area contributed by atoms with Crippen LogP contribution in [0, 0.1) is 11.8 Å². The fourth-order valence-corrected chi connectivity index (χ4v) is 6.99. The predicted molar refractivity (Wildman–Crippen MR) is 157 cm³/mol. The first kappa shape index (κ1) is 27.6. The van der Waals surface area contributed by atoms with Crippen molar-refractivity contribution in [2.75, 3.05) is 38.8 Å². The topological polar surface area (TPSA) is 184 Å². The van der Waals surface area contributed by atoms with Gasteiger partial charge in [-0.2, -0.15) is 0 Å². The van der Waals surface area contributed by atoms with Crippen LogP contribution in [0.2, 0.25) is 0 Å². The number of anilines is 2. The highest BCUT2D eigenvalue weighted by molar-refractivity contribution is 6.24. The van der Waals surface area contributed by atoms with E-state index < -0.39 is 52.3 Å². The lowest BCUT2D eigenvalue weighted by molar-refractivity contribution is -0.153. The summed E-state index contributed by atoms with van der Waals surface area (Å²) in [5.74, 6) is -5.59. The largest absolute Gasteiger partial charge is 0.508 e. The Hall–Kier alpha value is -4.61. The second-order valence-electron chi connectivity index (χ2n) is 11.8. The minimum atomic E-state index is -2.64. The van der Waals surface area contributed by atoms with E-state index in [0.29, 0.717) is 34.4 Å². The van der Waals surface area contributed by atoms with Gasteiger partial charge in [0, 0.05) is 47.9 Å². The molecule has 42 heavy (non-hydrogen) atoms. The van der Waals surface area contributed by atoms with Crippen molar-refractivity contribution < 1.29 is 34.1 Å². The number of Topliss-reactive ketones (excluding diaryl/α,β-unsaturated/α-hetero) is 2. The molecule has 3 aliphatic rings. The van der Waals surface area contributed by atoms with Crippen LogP contribution in [0.15, 0.2) is 57.7 Å². The fraction of sp³-hybridized carbons (Fsp3) is 0.323. The van der Waals surface area contributed by atoms with Crippen molar-refractivity contribution in [1.29, 1.82) is 0 Å². The highest BCUT2D eigenvalue weighted by Crippen LogP contribution is 2.53. The summed E-state index contributed by atoms with van der Waals surface area (Å²) in [4.78, 5) is 43.1. The molecule has 11 heteroatoms. The molecule has 3 aliphatic carbocycles. The van der Waals surface area contributed by atoms with Gasteiger partial charge < -0.3 is 36.1 Å². The highest BCUT2D eigenvalue weighted by Gasteiger charge is 2.64. The van der Waals surface area contributed by atoms with Gasteiger partial charge in [0.15, 0.2) is 11.4 Å². The molecule has 4 atom stereocenters. The molecule has 6 rings (SSSR count). The Kier molecular flexibility index (Phi) is 6.03. The van der Waals surface area contributed by atoms with E-state index in [1.807, 2.05) is 43.3 Å². The highest BCUT2D eigenvalue weighted by atomic mass is 16.4. The number of furan rings is 1. The Morgan fingerprint density at radius 3 is 2.33 bits per heavy atom. The zero-order chi connectivity index (χ0) is 30.4. The van der Waals surface area contributed by atoms with Gasteiger partial charge in [0.25, 0.3) is 5.91 Å². The quantitative estimate of drug-likeness (QED) is 0.230. The van der Waals surface area contributed by atoms with Gasteiger partial charge in [-0.3, -0.25) is 19.3 Å². The predicted octanol–water partition coefficient (Wildman–Crippen LogP) is 2.32. The van der Waals surface area contributed by atoms with Crippen LogP contribution in [0.4, 0.5) is 11.4 Å². The van der Waals surface area contributed by atoms with Crippen molar-refractivity contribution in [3.05, 3.63) is 64.4 Å². The summed E-state index contributed by atoms with van der Waals surface area (Å²) in [7, 11) is 6.92. The Labute approximate surface area is 241 Å². The first-order valence-electron chi connectivity index (χ1n) is 13.5. The summed E-state index contributed by atoms with van der Waals surface area (Å²) in [5.41, 5.74) is 11.3. The monoisotopic (exact) mass is 572 g/mol. The molecule has 7 N–H and O–H groups in total. The molecular formula is C31H32N4O7. The first-order chi connectivity index (χ1) is 19.8. The zero-order valence-electron chi connectivity index (χ0n) is 23.6. The van der Waals surface area contributed by atoms with Crippen molar-refractivity contribution in [3.63, 3.8) is 0 Å². The maximum Gasteiger partial charge on any atom is 0.255 e. The van der Waals surface area contributed by atoms with Crippen LogP contribution in [0.1, 0.15) is 17.5 Å². The van der Waals surface area contributed by atoms with Crippen LogP contribution in [0.5, 0.6) is 0 Å². The van der Waals surface area contributed by atoms with E-state index in [0.717, 1.165) is 16.8 Å². The van der Waals surface area contributed by atoms with Gasteiger partial charge >= 0.3 is 0 Å². The minimum absolute atomic E-state index is 0.0749. The lowest BCUT2D eigenvalue weighted by Crippen LogP contribution is -2.65. The van der Waals surface area contributed by atoms with E-state index in [4.69, 9.17) is 15.9 Å². The third-order valence-electron chi connectivity index (χ3n) is 8.88. The van der Waals surface area contributed by atoms with Crippen LogP contribution in [0.3, 0.4) is 0 Å². The second-order valence-corrected chi connectivity index (χ2v) is 11.8. The number of nitrogens with zero attached hydrogens (tertiary/aromatic N) is 2. The molecule has 1 heterocycles. The van der Waals surface area contributed by atoms with E-state index >= 15 is 0 Å². The Balaban J connectivity index is 1.60. The van der Waals surface area contributed by atoms with Crippen LogP contribution >= 0.6 is 0 Å². The molecule has 2 aromatic carbocycles. The van der Waals surface area contributed by atoms with Crippen LogP contribution in [-0.4, -0.2) is 77.5 Å². The number of primary amides is 1. The van der Waals surface area contributed by atoms with Gasteiger partial charge in [-0.25, -0.2) is 0 Å². The summed E-state index contributed by atoms with van der Waals surface area (Å²) in [6.45, 7) is 0. The van der Waals surface area contributed by atoms with Gasteiger partial charge in [-0.1, -0.05) is 0 Å². The molecule has 2 unspecified atom stereocenters. The SMILES string of the molecule is CN(C)c1cc2cc(-c3ccc(N)cc3)oc2c2c1CC1CC3[C@H](N(C)C)C(=O)C(C(N)=O)=C(O)[C@@]3(O)C(=O)C1=C2O. The van der Waals surface area contributed by atoms with Crippen LogP contribution in [-0.2, 0) is 20.8 Å². The molecule has 218 valence electrons. The second kappa shape index (κ2) is 9.20. The third kappa shape index (κ3) is 3.63. The lowest BCUT2D eigenvalue weighted by Gasteiger charge is -2.50. The van der Waals surface area contributed by atoms with Crippen molar-refractivity contribution in [2.45, 2.75) is 24.5 Å². The molecule has 0 saturated heterocycles. The molecule has 1 amide bonds. The van der Waals surface area contributed by atoms with E-state index in [2.05, 4.69) is 0 Å². The molecule has 0 radical (unpaired) electrons. The van der Waals surface area contributed by atoms with Gasteiger partial charge in [0.1, 0.15) is 28.4 Å². The maximum absolute atomic E-state index is 14.2. The number of likely N-dealkylation sites (N-methyl/N-ethyl adjacent to an activating group) is 1. The first-order valence-corrected chi connectivity index (χ1v) is 13.5. The summed E-state index contributed by atoms with van der Waals surface area (Å²) in [5, 5.41) is 35.5. The van der Waals surface area contributed by atoms with Gasteiger partial charge in [-0.15, -0.1) is 0 Å². The minimum Gasteiger partial charge on any atom is -0.508 e. The van der Waals surface area contributed by atoms with Crippen molar-refractivity contribution in [3.8, 4) is 11.3 Å². The molecule has 1 saturated carbocycles. The molecule has 0 bridgehead atoms. The van der Waals surface area contributed by atoms with Gasteiger partial charge in [-0.05, 0) is 74.8 Å². The number of carbonyl (C=O) groups is 3. The number of benzene rings is 2. The van der Waals surface area contributed by atoms with E-state index in [1.165, 1.54) is 4.90 Å². The normalized spacial score (nSPS) is 25.5. The third-order valence-corrected chi connectivity index (χ3v) is 8.88. The molecule has 3 aromatic rings. The molecule has 0 spiro atoms. The summed E-state index contributed by atoms with van der Waals surface area (Å²) >= 11 is 0. The van der Waals surface area contributed by atoms with Gasteiger partial charge in [0.2, 0.25) is 5.78 Å². The van der Waals surface area contributed by atoms with Crippen molar-refractivity contribution in [2.24, 2.45) is 17.6 Å². The number of amides is 1. The Morgan fingerprint density at radius 2 is 1.74 bits per heavy atom. The smallest absolute Gasteiger partial charge is 0.255 e. The number of ketones is 2. The average Bonchev–Trinajstić information content (AvgIpc) is 3.34. The van der Waals surface area contributed by atoms with E-state index in [-0.39, 0.29) is 17.8 Å². The number of carbonyl (C=O) groups excluding carboxylic acids is 3. The summed E-state index contributed by atoms with van der Waals surface area (Å²) in [6, 6.07) is 9.83. The van der Waals surface area contributed by atoms with Crippen LogP contribution < -0.4 is 16.4 Å². The molecule has 0 aliphatic heterocycles. The molecule has 11 nitrogen and oxygen atoms in total. The fourth-order valence-electron chi connectivity index (χ4n) is 6.99. The number of hydrogen-bond donors (Lipinski definition) is 5. The number of aliphatic hydroxyl groups excluding tert-OH is 2. The van der Waals surface area contributed by atoms with Crippen LogP contribution in [0.25, 0.3) is 28.1 Å². The molecular weight excluding hydrogens is 540 g/mol. The number of hydrogen-bond acceptors (Lipinski definition) is 10. The average molecular weight is 573 g/mol. The standard InChI is InChI=1S/C31H32N4O7/c1-34(2)19-11-15-12-20(13-5-7-16(32)8-6-13)42-27(15)22-17(19)9-14-10-18-24(35(3)4)26(37)23(30(33)40)29(39)31(18,41)28(38)21(14)25(22)36/h5-8,11-12,14,18,24,36,39,41H,9-10,32H2,1-4H3,(H2,33,40)/t14?,18?,24-,31-/m0/s1. The number of fused-ring (bicyclic) bond motifs is 5.